The number of carbonyl (C=O) groups is 1. The first-order chi connectivity index (χ1) is 8.31. The molecule has 17 heavy (non-hydrogen) atoms. The molecule has 1 heterocycles. The Bertz CT molecular complexity index is 352. The quantitative estimate of drug-likeness (QED) is 0.781. The molecule has 0 unspecified atom stereocenters. The SMILES string of the molecule is CCCC1CCN(C(=O)c2ccccc2)CC1. The van der Waals surface area contributed by atoms with Gasteiger partial charge in [0.1, 0.15) is 0 Å². The van der Waals surface area contributed by atoms with E-state index in [1.54, 1.807) is 0 Å². The predicted octanol–water partition coefficient (Wildman–Crippen LogP) is 3.34. The molecule has 0 spiro atoms. The number of piperidine rings is 1. The van der Waals surface area contributed by atoms with Crippen molar-refractivity contribution in [1.82, 2.24) is 4.90 Å². The average molecular weight is 231 g/mol. The van der Waals surface area contributed by atoms with E-state index in [0.29, 0.717) is 0 Å². The minimum Gasteiger partial charge on any atom is -0.339 e. The Morgan fingerprint density at radius 1 is 1.24 bits per heavy atom. The molecule has 0 radical (unpaired) electrons. The minimum atomic E-state index is 0.195. The third kappa shape index (κ3) is 3.09. The zero-order chi connectivity index (χ0) is 12.1. The van der Waals surface area contributed by atoms with E-state index in [0.717, 1.165) is 24.6 Å². The van der Waals surface area contributed by atoms with Gasteiger partial charge in [-0.3, -0.25) is 4.79 Å². The summed E-state index contributed by atoms with van der Waals surface area (Å²) in [5.74, 6) is 1.03. The lowest BCUT2D eigenvalue weighted by Crippen LogP contribution is -2.38. The van der Waals surface area contributed by atoms with Crippen molar-refractivity contribution in [2.75, 3.05) is 13.1 Å². The van der Waals surface area contributed by atoms with Gasteiger partial charge in [-0.25, -0.2) is 0 Å². The normalized spacial score (nSPS) is 17.1. The van der Waals surface area contributed by atoms with Gasteiger partial charge in [-0.05, 0) is 30.9 Å². The molecule has 1 aliphatic rings. The van der Waals surface area contributed by atoms with Crippen LogP contribution >= 0.6 is 0 Å². The molecule has 2 rings (SSSR count). The molecule has 1 fully saturated rings. The van der Waals surface area contributed by atoms with Crippen LogP contribution in [0.3, 0.4) is 0 Å². The lowest BCUT2D eigenvalue weighted by Gasteiger charge is -2.32. The summed E-state index contributed by atoms with van der Waals surface area (Å²) in [6, 6.07) is 9.61. The van der Waals surface area contributed by atoms with Crippen molar-refractivity contribution in [3.63, 3.8) is 0 Å². The highest BCUT2D eigenvalue weighted by molar-refractivity contribution is 5.94. The van der Waals surface area contributed by atoms with Gasteiger partial charge in [-0.1, -0.05) is 38.0 Å². The van der Waals surface area contributed by atoms with E-state index >= 15 is 0 Å². The summed E-state index contributed by atoms with van der Waals surface area (Å²) in [5.41, 5.74) is 0.821. The number of likely N-dealkylation sites (tertiary alicyclic amines) is 1. The van der Waals surface area contributed by atoms with Crippen LogP contribution < -0.4 is 0 Å². The number of benzene rings is 1. The molecular formula is C15H21NO. The van der Waals surface area contributed by atoms with Crippen molar-refractivity contribution >= 4 is 5.91 Å². The van der Waals surface area contributed by atoms with Gasteiger partial charge in [-0.2, -0.15) is 0 Å². The maximum atomic E-state index is 12.2. The largest absolute Gasteiger partial charge is 0.339 e. The first kappa shape index (κ1) is 12.2. The van der Waals surface area contributed by atoms with Crippen LogP contribution in [0.5, 0.6) is 0 Å². The first-order valence-electron chi connectivity index (χ1n) is 6.65. The summed E-state index contributed by atoms with van der Waals surface area (Å²) in [7, 11) is 0. The van der Waals surface area contributed by atoms with Crippen molar-refractivity contribution < 1.29 is 4.79 Å². The fourth-order valence-electron chi connectivity index (χ4n) is 2.60. The molecule has 0 atom stereocenters. The van der Waals surface area contributed by atoms with Gasteiger partial charge < -0.3 is 4.90 Å². The average Bonchev–Trinajstić information content (AvgIpc) is 2.40. The van der Waals surface area contributed by atoms with Crippen LogP contribution in [0.4, 0.5) is 0 Å². The summed E-state index contributed by atoms with van der Waals surface area (Å²) in [6.07, 6.45) is 4.92. The van der Waals surface area contributed by atoms with Gasteiger partial charge in [0.2, 0.25) is 0 Å². The van der Waals surface area contributed by atoms with Gasteiger partial charge in [0.15, 0.2) is 0 Å². The Balaban J connectivity index is 1.91. The number of hydrogen-bond donors (Lipinski definition) is 0. The van der Waals surface area contributed by atoms with Crippen LogP contribution in [0.1, 0.15) is 43.0 Å². The van der Waals surface area contributed by atoms with E-state index in [1.165, 1.54) is 25.7 Å². The predicted molar refractivity (Wildman–Crippen MR) is 70.0 cm³/mol. The van der Waals surface area contributed by atoms with E-state index < -0.39 is 0 Å². The number of nitrogens with zero attached hydrogens (tertiary/aromatic N) is 1. The zero-order valence-electron chi connectivity index (χ0n) is 10.6. The number of amides is 1. The molecule has 1 saturated heterocycles. The molecule has 0 saturated carbocycles. The fraction of sp³-hybridized carbons (Fsp3) is 0.533. The van der Waals surface area contributed by atoms with Gasteiger partial charge in [0.25, 0.3) is 5.91 Å². The molecule has 0 aromatic heterocycles. The van der Waals surface area contributed by atoms with Crippen LogP contribution in [0.2, 0.25) is 0 Å². The van der Waals surface area contributed by atoms with Crippen LogP contribution in [0, 0.1) is 5.92 Å². The van der Waals surface area contributed by atoms with Gasteiger partial charge in [0.05, 0.1) is 0 Å². The Morgan fingerprint density at radius 2 is 1.88 bits per heavy atom. The van der Waals surface area contributed by atoms with Crippen LogP contribution in [-0.2, 0) is 0 Å². The second kappa shape index (κ2) is 5.85. The number of rotatable bonds is 3. The van der Waals surface area contributed by atoms with Crippen molar-refractivity contribution in [2.45, 2.75) is 32.6 Å². The molecule has 0 bridgehead atoms. The Hall–Kier alpha value is -1.31. The van der Waals surface area contributed by atoms with E-state index in [2.05, 4.69) is 6.92 Å². The topological polar surface area (TPSA) is 20.3 Å². The van der Waals surface area contributed by atoms with Crippen molar-refractivity contribution in [3.05, 3.63) is 35.9 Å². The van der Waals surface area contributed by atoms with Crippen LogP contribution in [-0.4, -0.2) is 23.9 Å². The molecule has 2 heteroatoms. The maximum Gasteiger partial charge on any atom is 0.253 e. The van der Waals surface area contributed by atoms with Gasteiger partial charge >= 0.3 is 0 Å². The summed E-state index contributed by atoms with van der Waals surface area (Å²) >= 11 is 0. The zero-order valence-corrected chi connectivity index (χ0v) is 10.6. The smallest absolute Gasteiger partial charge is 0.253 e. The van der Waals surface area contributed by atoms with Crippen LogP contribution in [0.15, 0.2) is 30.3 Å². The highest BCUT2D eigenvalue weighted by atomic mass is 16.2. The molecule has 1 aromatic carbocycles. The summed E-state index contributed by atoms with van der Waals surface area (Å²) in [5, 5.41) is 0. The fourth-order valence-corrected chi connectivity index (χ4v) is 2.60. The second-order valence-corrected chi connectivity index (χ2v) is 4.89. The van der Waals surface area contributed by atoms with E-state index in [4.69, 9.17) is 0 Å². The Morgan fingerprint density at radius 3 is 2.47 bits per heavy atom. The number of carbonyl (C=O) groups excluding carboxylic acids is 1. The van der Waals surface area contributed by atoms with Crippen molar-refractivity contribution in [3.8, 4) is 0 Å². The third-order valence-corrected chi connectivity index (χ3v) is 3.62. The highest BCUT2D eigenvalue weighted by Gasteiger charge is 2.22. The summed E-state index contributed by atoms with van der Waals surface area (Å²) in [6.45, 7) is 4.10. The molecular weight excluding hydrogens is 210 g/mol. The molecule has 0 aliphatic carbocycles. The maximum absolute atomic E-state index is 12.2. The van der Waals surface area contributed by atoms with Crippen LogP contribution in [0.25, 0.3) is 0 Å². The lowest BCUT2D eigenvalue weighted by atomic mass is 9.92. The molecule has 2 nitrogen and oxygen atoms in total. The molecule has 0 N–H and O–H groups in total. The van der Waals surface area contributed by atoms with Crippen molar-refractivity contribution in [1.29, 1.82) is 0 Å². The van der Waals surface area contributed by atoms with Gasteiger partial charge in [0, 0.05) is 18.7 Å². The van der Waals surface area contributed by atoms with E-state index in [1.807, 2.05) is 35.2 Å². The summed E-state index contributed by atoms with van der Waals surface area (Å²) in [4.78, 5) is 14.2. The van der Waals surface area contributed by atoms with E-state index in [-0.39, 0.29) is 5.91 Å². The second-order valence-electron chi connectivity index (χ2n) is 4.89. The standard InChI is InChI=1S/C15H21NO/c1-2-6-13-9-11-16(12-10-13)15(17)14-7-4-3-5-8-14/h3-5,7-8,13H,2,6,9-12H2,1H3. The van der Waals surface area contributed by atoms with E-state index in [9.17, 15) is 4.79 Å². The monoisotopic (exact) mass is 231 g/mol. The molecule has 1 aliphatic heterocycles. The van der Waals surface area contributed by atoms with Crippen molar-refractivity contribution in [2.24, 2.45) is 5.92 Å². The minimum absolute atomic E-state index is 0.195. The third-order valence-electron chi connectivity index (χ3n) is 3.62. The molecule has 1 aromatic rings. The Kier molecular flexibility index (Phi) is 4.18. The molecule has 1 amide bonds. The number of hydrogen-bond acceptors (Lipinski definition) is 1. The summed E-state index contributed by atoms with van der Waals surface area (Å²) < 4.78 is 0. The molecule has 92 valence electrons. The first-order valence-corrected chi connectivity index (χ1v) is 6.65. The lowest BCUT2D eigenvalue weighted by molar-refractivity contribution is 0.0686. The van der Waals surface area contributed by atoms with Gasteiger partial charge in [-0.15, -0.1) is 0 Å². The Labute approximate surface area is 104 Å². The highest BCUT2D eigenvalue weighted by Crippen LogP contribution is 2.22.